The van der Waals surface area contributed by atoms with Crippen molar-refractivity contribution in [2.45, 2.75) is 39.3 Å². The van der Waals surface area contributed by atoms with E-state index in [9.17, 15) is 4.79 Å². The van der Waals surface area contributed by atoms with Crippen molar-refractivity contribution < 1.29 is 0 Å². The lowest BCUT2D eigenvalue weighted by molar-refractivity contribution is 0.521. The molecule has 1 aliphatic rings. The van der Waals surface area contributed by atoms with Gasteiger partial charge in [0.15, 0.2) is 5.65 Å². The molecule has 8 heteroatoms. The molecule has 1 aliphatic carbocycles. The Morgan fingerprint density at radius 2 is 1.93 bits per heavy atom. The monoisotopic (exact) mass is 401 g/mol. The quantitative estimate of drug-likeness (QED) is 0.551. The molecular formula is C22H23N7O. The van der Waals surface area contributed by atoms with Crippen LogP contribution in [0.5, 0.6) is 0 Å². The fourth-order valence-corrected chi connectivity index (χ4v) is 3.89. The van der Waals surface area contributed by atoms with Crippen LogP contribution in [0.1, 0.15) is 37.1 Å². The molecule has 1 aromatic carbocycles. The minimum Gasteiger partial charge on any atom is -0.383 e. The van der Waals surface area contributed by atoms with E-state index in [-0.39, 0.29) is 11.6 Å². The number of fused-ring (bicyclic) bond motifs is 1. The van der Waals surface area contributed by atoms with Gasteiger partial charge in [-0.3, -0.25) is 4.79 Å². The van der Waals surface area contributed by atoms with Crippen molar-refractivity contribution in [3.05, 3.63) is 64.3 Å². The molecule has 8 nitrogen and oxygen atoms in total. The number of nitrogens with zero attached hydrogens (tertiary/aromatic N) is 6. The van der Waals surface area contributed by atoms with E-state index in [0.29, 0.717) is 23.9 Å². The third-order valence-corrected chi connectivity index (χ3v) is 5.71. The van der Waals surface area contributed by atoms with Crippen LogP contribution in [0, 0.1) is 12.8 Å². The maximum atomic E-state index is 12.9. The predicted octanol–water partition coefficient (Wildman–Crippen LogP) is 2.96. The number of nitrogen functional groups attached to an aromatic ring is 1. The average molecular weight is 401 g/mol. The number of benzene rings is 1. The lowest BCUT2D eigenvalue weighted by Gasteiger charge is -2.18. The van der Waals surface area contributed by atoms with Gasteiger partial charge in [-0.05, 0) is 32.6 Å². The Balaban J connectivity index is 1.69. The van der Waals surface area contributed by atoms with E-state index >= 15 is 0 Å². The van der Waals surface area contributed by atoms with Gasteiger partial charge in [0.2, 0.25) is 0 Å². The molecule has 0 aliphatic heterocycles. The minimum absolute atomic E-state index is 0.0919. The van der Waals surface area contributed by atoms with Crippen LogP contribution in [0.3, 0.4) is 0 Å². The summed E-state index contributed by atoms with van der Waals surface area (Å²) in [4.78, 5) is 21.4. The molecule has 1 saturated carbocycles. The highest BCUT2D eigenvalue weighted by molar-refractivity contribution is 5.88. The lowest BCUT2D eigenvalue weighted by atomic mass is 10.0. The highest BCUT2D eigenvalue weighted by Gasteiger charge is 2.26. The number of hydrogen-bond acceptors (Lipinski definition) is 6. The van der Waals surface area contributed by atoms with Crippen molar-refractivity contribution in [3.63, 3.8) is 0 Å². The van der Waals surface area contributed by atoms with Gasteiger partial charge in [0.05, 0.1) is 22.8 Å². The summed E-state index contributed by atoms with van der Waals surface area (Å²) >= 11 is 0. The first-order chi connectivity index (χ1) is 14.5. The molecule has 0 bridgehead atoms. The van der Waals surface area contributed by atoms with Gasteiger partial charge in [-0.25, -0.2) is 19.3 Å². The van der Waals surface area contributed by atoms with Crippen LogP contribution in [0.15, 0.2) is 47.5 Å². The normalized spacial score (nSPS) is 14.9. The van der Waals surface area contributed by atoms with Crippen LogP contribution < -0.4 is 11.3 Å². The van der Waals surface area contributed by atoms with Gasteiger partial charge in [0.25, 0.3) is 5.56 Å². The molecule has 152 valence electrons. The van der Waals surface area contributed by atoms with Crippen LogP contribution >= 0.6 is 0 Å². The fourth-order valence-electron chi connectivity index (χ4n) is 3.89. The number of aryl methyl sites for hydroxylation is 1. The molecule has 4 aromatic rings. The Kier molecular flexibility index (Phi) is 4.34. The summed E-state index contributed by atoms with van der Waals surface area (Å²) in [6, 6.07) is 11.4. The largest absolute Gasteiger partial charge is 0.383 e. The summed E-state index contributed by atoms with van der Waals surface area (Å²) in [5.74, 6) is 0.955. The van der Waals surface area contributed by atoms with E-state index in [0.717, 1.165) is 40.7 Å². The van der Waals surface area contributed by atoms with Crippen molar-refractivity contribution >= 4 is 16.9 Å². The maximum absolute atomic E-state index is 12.9. The zero-order valence-electron chi connectivity index (χ0n) is 17.0. The van der Waals surface area contributed by atoms with Crippen molar-refractivity contribution in [2.75, 3.05) is 5.73 Å². The number of anilines is 1. The second kappa shape index (κ2) is 7.05. The molecule has 2 N–H and O–H groups in total. The molecule has 1 atom stereocenters. The zero-order chi connectivity index (χ0) is 20.8. The van der Waals surface area contributed by atoms with Gasteiger partial charge in [0, 0.05) is 23.7 Å². The molecular weight excluding hydrogens is 378 g/mol. The minimum atomic E-state index is -0.263. The van der Waals surface area contributed by atoms with Crippen LogP contribution in [-0.2, 0) is 6.54 Å². The van der Waals surface area contributed by atoms with Crippen molar-refractivity contribution in [1.82, 2.24) is 29.5 Å². The molecule has 0 radical (unpaired) electrons. The Morgan fingerprint density at radius 3 is 2.67 bits per heavy atom. The van der Waals surface area contributed by atoms with Gasteiger partial charge >= 0.3 is 0 Å². The second-order valence-electron chi connectivity index (χ2n) is 7.94. The molecule has 5 rings (SSSR count). The van der Waals surface area contributed by atoms with Gasteiger partial charge in [-0.2, -0.15) is 10.2 Å². The molecule has 3 heterocycles. The molecule has 0 spiro atoms. The van der Waals surface area contributed by atoms with Crippen molar-refractivity contribution in [1.29, 1.82) is 0 Å². The second-order valence-corrected chi connectivity index (χ2v) is 7.94. The number of hydrogen-bond donors (Lipinski definition) is 1. The van der Waals surface area contributed by atoms with E-state index in [4.69, 9.17) is 10.8 Å². The van der Waals surface area contributed by atoms with Crippen LogP contribution in [0.25, 0.3) is 22.3 Å². The van der Waals surface area contributed by atoms with E-state index in [1.165, 1.54) is 6.33 Å². The van der Waals surface area contributed by atoms with Gasteiger partial charge in [-0.15, -0.1) is 0 Å². The van der Waals surface area contributed by atoms with Crippen LogP contribution in [-0.4, -0.2) is 29.5 Å². The Labute approximate surface area is 173 Å². The number of aromatic nitrogens is 6. The highest BCUT2D eigenvalue weighted by atomic mass is 16.1. The summed E-state index contributed by atoms with van der Waals surface area (Å²) in [7, 11) is 0. The molecule has 1 unspecified atom stereocenters. The molecule has 0 amide bonds. The topological polar surface area (TPSA) is 105 Å². The zero-order valence-corrected chi connectivity index (χ0v) is 17.0. The molecule has 3 aromatic heterocycles. The first-order valence-electron chi connectivity index (χ1n) is 10.2. The summed E-state index contributed by atoms with van der Waals surface area (Å²) in [5.41, 5.74) is 9.92. The average Bonchev–Trinajstić information content (AvgIpc) is 3.50. The molecule has 0 saturated heterocycles. The maximum Gasteiger partial charge on any atom is 0.267 e. The summed E-state index contributed by atoms with van der Waals surface area (Å²) in [5, 5.41) is 10.2. The van der Waals surface area contributed by atoms with E-state index < -0.39 is 0 Å². The van der Waals surface area contributed by atoms with Gasteiger partial charge in [0.1, 0.15) is 12.1 Å². The lowest BCUT2D eigenvalue weighted by Crippen LogP contribution is -2.26. The number of rotatable bonds is 5. The third-order valence-electron chi connectivity index (χ3n) is 5.71. The Hall–Kier alpha value is -3.55. The van der Waals surface area contributed by atoms with Crippen molar-refractivity contribution in [2.24, 2.45) is 5.92 Å². The fraction of sp³-hybridized carbons (Fsp3) is 0.318. The van der Waals surface area contributed by atoms with Crippen LogP contribution in [0.4, 0.5) is 5.82 Å². The standard InChI is InChI=1S/C22H23N7O/c1-13-19-21(23)24-12-25-22(19)29(26-13)14(2)17-10-18(30)28(11-15-8-9-15)27-20(17)16-6-4-3-5-7-16/h3-7,10,12,14-15H,8-9,11H2,1-2H3,(H2,23,24,25). The van der Waals surface area contributed by atoms with Gasteiger partial charge < -0.3 is 5.73 Å². The summed E-state index contributed by atoms with van der Waals surface area (Å²) < 4.78 is 3.40. The van der Waals surface area contributed by atoms with Crippen molar-refractivity contribution in [3.8, 4) is 11.3 Å². The number of nitrogens with two attached hydrogens (primary N) is 1. The smallest absolute Gasteiger partial charge is 0.267 e. The highest BCUT2D eigenvalue weighted by Crippen LogP contribution is 2.32. The first kappa shape index (κ1) is 18.5. The SMILES string of the molecule is Cc1nn(C(C)c2cc(=O)n(CC3CC3)nc2-c2ccccc2)c2ncnc(N)c12. The molecule has 1 fully saturated rings. The summed E-state index contributed by atoms with van der Waals surface area (Å²) in [6.45, 7) is 4.55. The first-order valence-corrected chi connectivity index (χ1v) is 10.2. The van der Waals surface area contributed by atoms with Gasteiger partial charge in [-0.1, -0.05) is 30.3 Å². The van der Waals surface area contributed by atoms with Crippen LogP contribution in [0.2, 0.25) is 0 Å². The van der Waals surface area contributed by atoms with E-state index in [1.807, 2.05) is 44.2 Å². The summed E-state index contributed by atoms with van der Waals surface area (Å²) in [6.07, 6.45) is 3.76. The molecule has 30 heavy (non-hydrogen) atoms. The Morgan fingerprint density at radius 1 is 1.17 bits per heavy atom. The Bertz CT molecular complexity index is 1290. The third kappa shape index (κ3) is 3.14. The van der Waals surface area contributed by atoms with E-state index in [1.54, 1.807) is 15.4 Å². The predicted molar refractivity (Wildman–Crippen MR) is 115 cm³/mol. The van der Waals surface area contributed by atoms with E-state index in [2.05, 4.69) is 15.1 Å².